The smallest absolute Gasteiger partial charge is 0.303 e. The second kappa shape index (κ2) is 6.81. The van der Waals surface area contributed by atoms with E-state index in [9.17, 15) is 9.59 Å². The van der Waals surface area contributed by atoms with Crippen molar-refractivity contribution in [3.8, 4) is 0 Å². The molecule has 3 N–H and O–H groups in total. The van der Waals surface area contributed by atoms with Gasteiger partial charge in [-0.2, -0.15) is 0 Å². The van der Waals surface area contributed by atoms with Gasteiger partial charge in [0.15, 0.2) is 5.78 Å². The number of benzene rings is 2. The van der Waals surface area contributed by atoms with Gasteiger partial charge in [-0.15, -0.1) is 0 Å². The van der Waals surface area contributed by atoms with E-state index in [-0.39, 0.29) is 12.2 Å². The molecule has 21 heavy (non-hydrogen) atoms. The van der Waals surface area contributed by atoms with Crippen LogP contribution in [0, 0.1) is 0 Å². The van der Waals surface area contributed by atoms with Gasteiger partial charge in [-0.3, -0.25) is 9.59 Å². The standard InChI is InChI=1S/C17H17NO3/c18-11-13-3-8-15(9-4-13)17(21)14-6-1-12(2-7-14)5-10-16(19)20/h1-4,6-9H,5,10-11,18H2,(H,19,20). The highest BCUT2D eigenvalue weighted by atomic mass is 16.4. The van der Waals surface area contributed by atoms with E-state index in [0.717, 1.165) is 11.1 Å². The minimum Gasteiger partial charge on any atom is -0.481 e. The zero-order valence-corrected chi connectivity index (χ0v) is 11.6. The van der Waals surface area contributed by atoms with Crippen LogP contribution in [0.5, 0.6) is 0 Å². The number of ketones is 1. The van der Waals surface area contributed by atoms with Gasteiger partial charge in [0, 0.05) is 24.1 Å². The molecular formula is C17H17NO3. The average Bonchev–Trinajstić information content (AvgIpc) is 2.53. The van der Waals surface area contributed by atoms with Crippen LogP contribution in [0.1, 0.15) is 33.5 Å². The van der Waals surface area contributed by atoms with Gasteiger partial charge in [0.05, 0.1) is 0 Å². The molecular weight excluding hydrogens is 266 g/mol. The number of carboxylic acid groups (broad SMARTS) is 1. The molecule has 0 aliphatic heterocycles. The number of rotatable bonds is 6. The molecule has 0 aromatic heterocycles. The van der Waals surface area contributed by atoms with Crippen molar-refractivity contribution in [2.24, 2.45) is 5.73 Å². The maximum atomic E-state index is 12.3. The summed E-state index contributed by atoms with van der Waals surface area (Å²) in [5.41, 5.74) is 8.63. The lowest BCUT2D eigenvalue weighted by molar-refractivity contribution is -0.136. The fourth-order valence-electron chi connectivity index (χ4n) is 2.03. The summed E-state index contributed by atoms with van der Waals surface area (Å²) in [7, 11) is 0. The topological polar surface area (TPSA) is 80.4 Å². The van der Waals surface area contributed by atoms with Gasteiger partial charge < -0.3 is 10.8 Å². The monoisotopic (exact) mass is 283 g/mol. The Kier molecular flexibility index (Phi) is 4.85. The van der Waals surface area contributed by atoms with Crippen molar-refractivity contribution < 1.29 is 14.7 Å². The zero-order valence-electron chi connectivity index (χ0n) is 11.6. The van der Waals surface area contributed by atoms with E-state index in [1.54, 1.807) is 36.4 Å². The highest BCUT2D eigenvalue weighted by Gasteiger charge is 2.09. The maximum absolute atomic E-state index is 12.3. The summed E-state index contributed by atoms with van der Waals surface area (Å²) >= 11 is 0. The summed E-state index contributed by atoms with van der Waals surface area (Å²) in [6.07, 6.45) is 0.558. The zero-order chi connectivity index (χ0) is 15.2. The maximum Gasteiger partial charge on any atom is 0.303 e. The van der Waals surface area contributed by atoms with Crippen LogP contribution in [-0.4, -0.2) is 16.9 Å². The SMILES string of the molecule is NCc1ccc(C(=O)c2ccc(CCC(=O)O)cc2)cc1. The van der Waals surface area contributed by atoms with Gasteiger partial charge in [0.25, 0.3) is 0 Å². The summed E-state index contributed by atoms with van der Waals surface area (Å²) in [4.78, 5) is 22.8. The molecule has 108 valence electrons. The van der Waals surface area contributed by atoms with Gasteiger partial charge in [-0.25, -0.2) is 0 Å². The third kappa shape index (κ3) is 4.00. The highest BCUT2D eigenvalue weighted by molar-refractivity contribution is 6.08. The molecule has 2 rings (SSSR count). The molecule has 2 aromatic rings. The number of carbonyl (C=O) groups is 2. The number of hydrogen-bond acceptors (Lipinski definition) is 3. The molecule has 0 aliphatic carbocycles. The van der Waals surface area contributed by atoms with Gasteiger partial charge >= 0.3 is 5.97 Å². The van der Waals surface area contributed by atoms with E-state index in [1.165, 1.54) is 0 Å². The van der Waals surface area contributed by atoms with E-state index in [4.69, 9.17) is 10.8 Å². The Morgan fingerprint density at radius 2 is 1.33 bits per heavy atom. The second-order valence-electron chi connectivity index (χ2n) is 4.82. The van der Waals surface area contributed by atoms with Crippen LogP contribution >= 0.6 is 0 Å². The van der Waals surface area contributed by atoms with Gasteiger partial charge in [0.1, 0.15) is 0 Å². The molecule has 0 atom stereocenters. The predicted octanol–water partition coefficient (Wildman–Crippen LogP) is 2.39. The third-order valence-electron chi connectivity index (χ3n) is 3.30. The van der Waals surface area contributed by atoms with Crippen LogP contribution in [-0.2, 0) is 17.8 Å². The van der Waals surface area contributed by atoms with Crippen molar-refractivity contribution in [1.82, 2.24) is 0 Å². The lowest BCUT2D eigenvalue weighted by Gasteiger charge is -2.04. The molecule has 0 radical (unpaired) electrons. The van der Waals surface area contributed by atoms with E-state index in [1.807, 2.05) is 12.1 Å². The quantitative estimate of drug-likeness (QED) is 0.798. The third-order valence-corrected chi connectivity index (χ3v) is 3.30. The first-order valence-electron chi connectivity index (χ1n) is 6.74. The summed E-state index contributed by atoms with van der Waals surface area (Å²) in [6.45, 7) is 0.451. The number of carbonyl (C=O) groups excluding carboxylic acids is 1. The van der Waals surface area contributed by atoms with Crippen LogP contribution in [0.25, 0.3) is 0 Å². The lowest BCUT2D eigenvalue weighted by Crippen LogP contribution is -2.03. The Hall–Kier alpha value is -2.46. The van der Waals surface area contributed by atoms with Crippen molar-refractivity contribution in [3.05, 3.63) is 70.8 Å². The number of nitrogens with two attached hydrogens (primary N) is 1. The van der Waals surface area contributed by atoms with Crippen molar-refractivity contribution in [1.29, 1.82) is 0 Å². The van der Waals surface area contributed by atoms with Crippen molar-refractivity contribution in [2.45, 2.75) is 19.4 Å². The number of aliphatic carboxylic acids is 1. The first kappa shape index (κ1) is 14.9. The Labute approximate surface area is 123 Å². The van der Waals surface area contributed by atoms with Crippen LogP contribution in [0.3, 0.4) is 0 Å². The molecule has 0 amide bonds. The molecule has 0 spiro atoms. The van der Waals surface area contributed by atoms with E-state index in [2.05, 4.69) is 0 Å². The second-order valence-corrected chi connectivity index (χ2v) is 4.82. The molecule has 2 aromatic carbocycles. The molecule has 4 nitrogen and oxygen atoms in total. The molecule has 0 heterocycles. The number of hydrogen-bond donors (Lipinski definition) is 2. The highest BCUT2D eigenvalue weighted by Crippen LogP contribution is 2.13. The predicted molar refractivity (Wildman–Crippen MR) is 80.2 cm³/mol. The molecule has 0 aliphatic rings. The summed E-state index contributed by atoms with van der Waals surface area (Å²) in [5.74, 6) is -0.876. The normalized spacial score (nSPS) is 10.3. The molecule has 4 heteroatoms. The lowest BCUT2D eigenvalue weighted by atomic mass is 10.00. The van der Waals surface area contributed by atoms with Gasteiger partial charge in [-0.05, 0) is 17.5 Å². The average molecular weight is 283 g/mol. The van der Waals surface area contributed by atoms with Crippen molar-refractivity contribution in [2.75, 3.05) is 0 Å². The minimum atomic E-state index is -0.824. The summed E-state index contributed by atoms with van der Waals surface area (Å²) in [5, 5.41) is 8.65. The number of aryl methyl sites for hydroxylation is 1. The van der Waals surface area contributed by atoms with Crippen molar-refractivity contribution in [3.63, 3.8) is 0 Å². The minimum absolute atomic E-state index is 0.0524. The Balaban J connectivity index is 2.09. The Morgan fingerprint density at radius 1 is 0.857 bits per heavy atom. The largest absolute Gasteiger partial charge is 0.481 e. The molecule has 0 saturated carbocycles. The molecule has 0 saturated heterocycles. The fraction of sp³-hybridized carbons (Fsp3) is 0.176. The molecule has 0 bridgehead atoms. The Bertz CT molecular complexity index is 630. The van der Waals surface area contributed by atoms with Crippen LogP contribution in [0.2, 0.25) is 0 Å². The van der Waals surface area contributed by atoms with E-state index >= 15 is 0 Å². The van der Waals surface area contributed by atoms with Gasteiger partial charge in [0.2, 0.25) is 0 Å². The fourth-order valence-corrected chi connectivity index (χ4v) is 2.03. The Morgan fingerprint density at radius 3 is 1.76 bits per heavy atom. The number of carboxylic acids is 1. The van der Waals surface area contributed by atoms with Crippen LogP contribution < -0.4 is 5.73 Å². The van der Waals surface area contributed by atoms with E-state index in [0.29, 0.717) is 24.1 Å². The van der Waals surface area contributed by atoms with Crippen LogP contribution in [0.4, 0.5) is 0 Å². The van der Waals surface area contributed by atoms with Gasteiger partial charge in [-0.1, -0.05) is 48.5 Å². The summed E-state index contributed by atoms with van der Waals surface area (Å²) < 4.78 is 0. The first-order valence-corrected chi connectivity index (χ1v) is 6.74. The van der Waals surface area contributed by atoms with Crippen molar-refractivity contribution >= 4 is 11.8 Å². The summed E-state index contributed by atoms with van der Waals surface area (Å²) in [6, 6.07) is 14.3. The first-order chi connectivity index (χ1) is 10.1. The molecule has 0 unspecified atom stereocenters. The molecule has 0 fully saturated rings. The van der Waals surface area contributed by atoms with Crippen LogP contribution in [0.15, 0.2) is 48.5 Å². The van der Waals surface area contributed by atoms with E-state index < -0.39 is 5.97 Å².